The summed E-state index contributed by atoms with van der Waals surface area (Å²) in [6, 6.07) is 0. The first-order valence-electron chi connectivity index (χ1n) is 3.80. The lowest BCUT2D eigenvalue weighted by atomic mass is 10.0. The Labute approximate surface area is 65.7 Å². The fraction of sp³-hybridized carbons (Fsp3) is 0.750. The molecular weight excluding hydrogens is 144 g/mol. The zero-order valence-corrected chi connectivity index (χ0v) is 6.63. The molecule has 0 radical (unpaired) electrons. The molecule has 0 N–H and O–H groups in total. The smallest absolute Gasteiger partial charge is 0.168 e. The van der Waals surface area contributed by atoms with Gasteiger partial charge in [0.05, 0.1) is 5.92 Å². The minimum absolute atomic E-state index is 0.0602. The van der Waals surface area contributed by atoms with Crippen molar-refractivity contribution < 1.29 is 14.3 Å². The van der Waals surface area contributed by atoms with E-state index < -0.39 is 0 Å². The molecule has 0 aliphatic heterocycles. The van der Waals surface area contributed by atoms with E-state index in [0.29, 0.717) is 6.42 Å². The maximum atomic E-state index is 11.1. The van der Waals surface area contributed by atoms with E-state index >= 15 is 0 Å². The van der Waals surface area contributed by atoms with Gasteiger partial charge in [-0.1, -0.05) is 0 Å². The number of rotatable bonds is 3. The van der Waals surface area contributed by atoms with Gasteiger partial charge in [0.15, 0.2) is 5.78 Å². The molecule has 1 rings (SSSR count). The summed E-state index contributed by atoms with van der Waals surface area (Å²) in [5.41, 5.74) is 0. The van der Waals surface area contributed by atoms with Gasteiger partial charge in [0, 0.05) is 13.5 Å². The van der Waals surface area contributed by atoms with Gasteiger partial charge in [0.2, 0.25) is 0 Å². The Morgan fingerprint density at radius 3 is 2.91 bits per heavy atom. The van der Waals surface area contributed by atoms with E-state index in [9.17, 15) is 9.59 Å². The van der Waals surface area contributed by atoms with Gasteiger partial charge in [-0.2, -0.15) is 0 Å². The molecule has 0 aromatic carbocycles. The monoisotopic (exact) mass is 156 g/mol. The highest BCUT2D eigenvalue weighted by Crippen LogP contribution is 2.21. The van der Waals surface area contributed by atoms with Crippen molar-refractivity contribution in [2.75, 3.05) is 13.7 Å². The highest BCUT2D eigenvalue weighted by molar-refractivity contribution is 6.04. The molecule has 62 valence electrons. The van der Waals surface area contributed by atoms with E-state index in [4.69, 9.17) is 0 Å². The van der Waals surface area contributed by atoms with Crippen molar-refractivity contribution in [1.29, 1.82) is 0 Å². The number of hydrogen-bond acceptors (Lipinski definition) is 3. The normalized spacial score (nSPS) is 24.1. The second-order valence-corrected chi connectivity index (χ2v) is 2.81. The van der Waals surface area contributed by atoms with Crippen LogP contribution in [0.1, 0.15) is 19.3 Å². The van der Waals surface area contributed by atoms with Crippen LogP contribution >= 0.6 is 0 Å². The molecule has 1 unspecified atom stereocenters. The van der Waals surface area contributed by atoms with Crippen LogP contribution in [0.3, 0.4) is 0 Å². The third-order valence-electron chi connectivity index (χ3n) is 1.98. The van der Waals surface area contributed by atoms with Crippen LogP contribution in [0.15, 0.2) is 0 Å². The Hall–Kier alpha value is -0.700. The number of ether oxygens (including phenoxy) is 1. The van der Waals surface area contributed by atoms with E-state index in [0.717, 1.165) is 12.8 Å². The summed E-state index contributed by atoms with van der Waals surface area (Å²) in [4.78, 5) is 22.1. The summed E-state index contributed by atoms with van der Waals surface area (Å²) in [5.74, 6) is -0.322. The maximum absolute atomic E-state index is 11.1. The van der Waals surface area contributed by atoms with Crippen LogP contribution in [0.2, 0.25) is 0 Å². The maximum Gasteiger partial charge on any atom is 0.168 e. The molecule has 1 fully saturated rings. The van der Waals surface area contributed by atoms with E-state index in [2.05, 4.69) is 4.74 Å². The van der Waals surface area contributed by atoms with Gasteiger partial charge in [0.1, 0.15) is 12.4 Å². The SMILES string of the molecule is COCC(=O)C1CCCC1=O. The Morgan fingerprint density at radius 2 is 2.45 bits per heavy atom. The fourth-order valence-corrected chi connectivity index (χ4v) is 1.40. The summed E-state index contributed by atoms with van der Waals surface area (Å²) in [6.07, 6.45) is 2.15. The second kappa shape index (κ2) is 3.62. The van der Waals surface area contributed by atoms with Crippen LogP contribution in [-0.2, 0) is 14.3 Å². The molecule has 1 saturated carbocycles. The highest BCUT2D eigenvalue weighted by Gasteiger charge is 2.30. The molecule has 0 spiro atoms. The molecule has 3 heteroatoms. The van der Waals surface area contributed by atoms with Crippen molar-refractivity contribution in [3.63, 3.8) is 0 Å². The second-order valence-electron chi connectivity index (χ2n) is 2.81. The van der Waals surface area contributed by atoms with Gasteiger partial charge in [0.25, 0.3) is 0 Å². The molecule has 0 bridgehead atoms. The predicted octanol–water partition coefficient (Wildman–Crippen LogP) is 0.571. The van der Waals surface area contributed by atoms with Crippen LogP contribution in [0.5, 0.6) is 0 Å². The Balaban J connectivity index is 2.46. The first-order chi connectivity index (χ1) is 5.25. The largest absolute Gasteiger partial charge is 0.377 e. The van der Waals surface area contributed by atoms with Gasteiger partial charge in [-0.25, -0.2) is 0 Å². The molecular formula is C8H12O3. The number of Topliss-reactive ketones (excluding diaryl/α,β-unsaturated/α-hetero) is 2. The molecule has 1 atom stereocenters. The number of hydrogen-bond donors (Lipinski definition) is 0. The van der Waals surface area contributed by atoms with E-state index in [1.54, 1.807) is 0 Å². The molecule has 0 heterocycles. The van der Waals surface area contributed by atoms with E-state index in [-0.39, 0.29) is 24.1 Å². The summed E-state index contributed by atoms with van der Waals surface area (Å²) in [7, 11) is 1.47. The summed E-state index contributed by atoms with van der Waals surface area (Å²) >= 11 is 0. The average molecular weight is 156 g/mol. The summed E-state index contributed by atoms with van der Waals surface area (Å²) in [6.45, 7) is 0.0798. The third-order valence-corrected chi connectivity index (χ3v) is 1.98. The summed E-state index contributed by atoms with van der Waals surface area (Å²) < 4.78 is 4.66. The van der Waals surface area contributed by atoms with E-state index in [1.165, 1.54) is 7.11 Å². The van der Waals surface area contributed by atoms with Crippen LogP contribution < -0.4 is 0 Å². The predicted molar refractivity (Wildman–Crippen MR) is 39.2 cm³/mol. The number of ketones is 2. The molecule has 0 aromatic rings. The average Bonchev–Trinajstić information content (AvgIpc) is 2.36. The van der Waals surface area contributed by atoms with Gasteiger partial charge >= 0.3 is 0 Å². The van der Waals surface area contributed by atoms with Gasteiger partial charge < -0.3 is 4.74 Å². The van der Waals surface area contributed by atoms with Crippen molar-refractivity contribution in [1.82, 2.24) is 0 Å². The molecule has 1 aliphatic carbocycles. The lowest BCUT2D eigenvalue weighted by Gasteiger charge is -2.04. The van der Waals surface area contributed by atoms with Crippen LogP contribution in [-0.4, -0.2) is 25.3 Å². The minimum atomic E-state index is -0.352. The summed E-state index contributed by atoms with van der Waals surface area (Å²) in [5, 5.41) is 0. The lowest BCUT2D eigenvalue weighted by molar-refractivity contribution is -0.133. The van der Waals surface area contributed by atoms with Crippen molar-refractivity contribution in [3.05, 3.63) is 0 Å². The zero-order valence-electron chi connectivity index (χ0n) is 6.63. The quantitative estimate of drug-likeness (QED) is 0.561. The van der Waals surface area contributed by atoms with Crippen molar-refractivity contribution in [2.24, 2.45) is 5.92 Å². The fourth-order valence-electron chi connectivity index (χ4n) is 1.40. The molecule has 0 amide bonds. The number of carbonyl (C=O) groups excluding carboxylic acids is 2. The van der Waals surface area contributed by atoms with Gasteiger partial charge in [-0.3, -0.25) is 9.59 Å². The Kier molecular flexibility index (Phi) is 2.76. The van der Waals surface area contributed by atoms with Crippen molar-refractivity contribution >= 4 is 11.6 Å². The third kappa shape index (κ3) is 1.87. The first-order valence-corrected chi connectivity index (χ1v) is 3.80. The molecule has 0 saturated heterocycles. The molecule has 3 nitrogen and oxygen atoms in total. The van der Waals surface area contributed by atoms with E-state index in [1.807, 2.05) is 0 Å². The zero-order chi connectivity index (χ0) is 8.27. The molecule has 0 aromatic heterocycles. The van der Waals surface area contributed by atoms with Gasteiger partial charge in [-0.05, 0) is 12.8 Å². The van der Waals surface area contributed by atoms with Crippen LogP contribution in [0, 0.1) is 5.92 Å². The number of methoxy groups -OCH3 is 1. The lowest BCUT2D eigenvalue weighted by Crippen LogP contribution is -2.22. The topological polar surface area (TPSA) is 43.4 Å². The van der Waals surface area contributed by atoms with Crippen molar-refractivity contribution in [2.45, 2.75) is 19.3 Å². The van der Waals surface area contributed by atoms with Gasteiger partial charge in [-0.15, -0.1) is 0 Å². The van der Waals surface area contributed by atoms with Crippen LogP contribution in [0.4, 0.5) is 0 Å². The Morgan fingerprint density at radius 1 is 1.73 bits per heavy atom. The minimum Gasteiger partial charge on any atom is -0.377 e. The highest BCUT2D eigenvalue weighted by atomic mass is 16.5. The standard InChI is InChI=1S/C8H12O3/c1-11-5-8(10)6-3-2-4-7(6)9/h6H,2-5H2,1H3. The Bertz CT molecular complexity index is 174. The van der Waals surface area contributed by atoms with Crippen molar-refractivity contribution in [3.8, 4) is 0 Å². The number of carbonyl (C=O) groups is 2. The molecule has 1 aliphatic rings. The molecule has 11 heavy (non-hydrogen) atoms. The first kappa shape index (κ1) is 8.40. The van der Waals surface area contributed by atoms with Crippen LogP contribution in [0.25, 0.3) is 0 Å².